The molecule has 2 saturated heterocycles. The third-order valence-electron chi connectivity index (χ3n) is 6.47. The first-order valence-corrected chi connectivity index (χ1v) is 11.2. The van der Waals surface area contributed by atoms with E-state index in [9.17, 15) is 0 Å². The molecule has 148 valence electrons. The molecule has 1 saturated carbocycles. The summed E-state index contributed by atoms with van der Waals surface area (Å²) < 4.78 is 5.97. The van der Waals surface area contributed by atoms with Crippen molar-refractivity contribution in [1.29, 1.82) is 0 Å². The molecule has 0 aromatic carbocycles. The maximum Gasteiger partial charge on any atom is 0.0589 e. The molecule has 0 N–H and O–H groups in total. The molecule has 3 rings (SSSR count). The fourth-order valence-electron chi connectivity index (χ4n) is 5.08. The van der Waals surface area contributed by atoms with Crippen LogP contribution in [-0.2, 0) is 4.74 Å². The Morgan fingerprint density at radius 1 is 0.960 bits per heavy atom. The van der Waals surface area contributed by atoms with Crippen LogP contribution in [0.2, 0.25) is 0 Å². The van der Waals surface area contributed by atoms with E-state index in [0.29, 0.717) is 17.6 Å². The number of hydrogen-bond donors (Lipinski definition) is 0. The third-order valence-corrected chi connectivity index (χ3v) is 6.47. The summed E-state index contributed by atoms with van der Waals surface area (Å²) in [5, 5.41) is 0. The van der Waals surface area contributed by atoms with Gasteiger partial charge in [-0.25, -0.2) is 0 Å². The first-order valence-electron chi connectivity index (χ1n) is 11.2. The fraction of sp³-hybridized carbons (Fsp3) is 1.00. The van der Waals surface area contributed by atoms with E-state index >= 15 is 0 Å². The summed E-state index contributed by atoms with van der Waals surface area (Å²) in [6.07, 6.45) is 10.6. The second-order valence-electron chi connectivity index (χ2n) is 8.80. The minimum atomic E-state index is 0.399. The lowest BCUT2D eigenvalue weighted by atomic mass is 9.61. The molecule has 3 heteroatoms. The Bertz CT molecular complexity index is 347. The molecule has 0 aromatic rings. The van der Waals surface area contributed by atoms with Crippen LogP contribution >= 0.6 is 0 Å². The Hall–Kier alpha value is -0.120. The van der Waals surface area contributed by atoms with Gasteiger partial charge in [0.2, 0.25) is 0 Å². The van der Waals surface area contributed by atoms with E-state index in [4.69, 9.17) is 4.74 Å². The van der Waals surface area contributed by atoms with Gasteiger partial charge in [0.1, 0.15) is 0 Å². The monoisotopic (exact) mass is 352 g/mol. The minimum absolute atomic E-state index is 0.399. The standard InChI is InChI=1S/C20H38N2O.C2H6/c1-4-9-21-10-5-18(6-11-21)16-22-12-7-20(8-13-22)14-19(15-20)23-17(2)3;1-2/h17-19H,4-16H2,1-3H3;1-2H3. The Morgan fingerprint density at radius 3 is 2.08 bits per heavy atom. The highest BCUT2D eigenvalue weighted by molar-refractivity contribution is 4.98. The van der Waals surface area contributed by atoms with E-state index in [2.05, 4.69) is 30.6 Å². The molecular weight excluding hydrogens is 308 g/mol. The molecule has 2 heterocycles. The Balaban J connectivity index is 0.00000109. The van der Waals surface area contributed by atoms with E-state index in [1.54, 1.807) is 0 Å². The molecule has 0 aromatic heterocycles. The van der Waals surface area contributed by atoms with Crippen molar-refractivity contribution in [3.63, 3.8) is 0 Å². The Kier molecular flexibility index (Phi) is 8.71. The molecule has 3 aliphatic rings. The van der Waals surface area contributed by atoms with Crippen molar-refractivity contribution in [2.45, 2.75) is 91.8 Å². The molecule has 0 amide bonds. The second-order valence-corrected chi connectivity index (χ2v) is 8.80. The quantitative estimate of drug-likeness (QED) is 0.682. The van der Waals surface area contributed by atoms with Crippen molar-refractivity contribution in [3.05, 3.63) is 0 Å². The smallest absolute Gasteiger partial charge is 0.0589 e. The molecule has 0 bridgehead atoms. The van der Waals surface area contributed by atoms with Gasteiger partial charge in [-0.2, -0.15) is 0 Å². The summed E-state index contributed by atoms with van der Waals surface area (Å²) in [4.78, 5) is 5.42. The number of ether oxygens (including phenoxy) is 1. The van der Waals surface area contributed by atoms with E-state index in [0.717, 1.165) is 5.92 Å². The second kappa shape index (κ2) is 10.3. The van der Waals surface area contributed by atoms with Gasteiger partial charge in [0, 0.05) is 6.54 Å². The maximum absolute atomic E-state index is 5.97. The molecule has 0 radical (unpaired) electrons. The third kappa shape index (κ3) is 6.22. The van der Waals surface area contributed by atoms with Crippen molar-refractivity contribution in [2.24, 2.45) is 11.3 Å². The highest BCUT2D eigenvalue weighted by Crippen LogP contribution is 2.50. The predicted octanol–water partition coefficient (Wildman–Crippen LogP) is 4.80. The first kappa shape index (κ1) is 21.2. The fourth-order valence-corrected chi connectivity index (χ4v) is 5.08. The maximum atomic E-state index is 5.97. The van der Waals surface area contributed by atoms with Gasteiger partial charge in [0.25, 0.3) is 0 Å². The number of hydrogen-bond acceptors (Lipinski definition) is 3. The van der Waals surface area contributed by atoms with Crippen molar-refractivity contribution < 1.29 is 4.74 Å². The summed E-state index contributed by atoms with van der Waals surface area (Å²) >= 11 is 0. The van der Waals surface area contributed by atoms with Crippen molar-refractivity contribution >= 4 is 0 Å². The lowest BCUT2D eigenvalue weighted by Crippen LogP contribution is -2.51. The minimum Gasteiger partial charge on any atom is -0.376 e. The van der Waals surface area contributed by atoms with Crippen molar-refractivity contribution in [2.75, 3.05) is 39.3 Å². The Morgan fingerprint density at radius 2 is 1.56 bits per heavy atom. The molecular formula is C22H44N2O. The van der Waals surface area contributed by atoms with Gasteiger partial charge in [0.05, 0.1) is 12.2 Å². The highest BCUT2D eigenvalue weighted by Gasteiger charge is 2.46. The van der Waals surface area contributed by atoms with Crippen LogP contribution < -0.4 is 0 Å². The van der Waals surface area contributed by atoms with Gasteiger partial charge in [-0.15, -0.1) is 0 Å². The molecule has 25 heavy (non-hydrogen) atoms. The largest absolute Gasteiger partial charge is 0.376 e. The first-order chi connectivity index (χ1) is 12.1. The van der Waals surface area contributed by atoms with Gasteiger partial charge in [-0.3, -0.25) is 0 Å². The summed E-state index contributed by atoms with van der Waals surface area (Å²) in [6.45, 7) is 18.6. The zero-order valence-corrected chi connectivity index (χ0v) is 17.7. The lowest BCUT2D eigenvalue weighted by molar-refractivity contribution is -0.124. The summed E-state index contributed by atoms with van der Waals surface area (Å²) in [7, 11) is 0. The molecule has 3 nitrogen and oxygen atoms in total. The van der Waals surface area contributed by atoms with Crippen LogP contribution in [0.4, 0.5) is 0 Å². The van der Waals surface area contributed by atoms with E-state index in [1.165, 1.54) is 84.2 Å². The van der Waals surface area contributed by atoms with Crippen LogP contribution in [0, 0.1) is 11.3 Å². The molecule has 3 fully saturated rings. The van der Waals surface area contributed by atoms with Gasteiger partial charge >= 0.3 is 0 Å². The lowest BCUT2D eigenvalue weighted by Gasteiger charge is -2.52. The average molecular weight is 353 g/mol. The molecule has 1 spiro atoms. The topological polar surface area (TPSA) is 15.7 Å². The van der Waals surface area contributed by atoms with E-state index in [-0.39, 0.29) is 0 Å². The van der Waals surface area contributed by atoms with E-state index < -0.39 is 0 Å². The zero-order valence-electron chi connectivity index (χ0n) is 17.7. The van der Waals surface area contributed by atoms with Crippen LogP contribution in [0.3, 0.4) is 0 Å². The number of piperidine rings is 2. The molecule has 2 aliphatic heterocycles. The van der Waals surface area contributed by atoms with Crippen molar-refractivity contribution in [1.82, 2.24) is 9.80 Å². The van der Waals surface area contributed by atoms with Crippen LogP contribution in [0.15, 0.2) is 0 Å². The van der Waals surface area contributed by atoms with Gasteiger partial charge in [0.15, 0.2) is 0 Å². The zero-order chi connectivity index (χ0) is 18.3. The molecule has 0 unspecified atom stereocenters. The summed E-state index contributed by atoms with van der Waals surface area (Å²) in [5.41, 5.74) is 0.653. The number of nitrogens with zero attached hydrogens (tertiary/aromatic N) is 2. The van der Waals surface area contributed by atoms with Crippen LogP contribution in [0.5, 0.6) is 0 Å². The summed E-state index contributed by atoms with van der Waals surface area (Å²) in [6, 6.07) is 0. The SMILES string of the molecule is CC.CCCN1CCC(CN2CCC3(CC2)CC(OC(C)C)C3)CC1. The van der Waals surface area contributed by atoms with Gasteiger partial charge in [-0.1, -0.05) is 20.8 Å². The molecule has 1 aliphatic carbocycles. The number of likely N-dealkylation sites (tertiary alicyclic amines) is 2. The van der Waals surface area contributed by atoms with Gasteiger partial charge < -0.3 is 14.5 Å². The van der Waals surface area contributed by atoms with E-state index in [1.807, 2.05) is 13.8 Å². The van der Waals surface area contributed by atoms with Gasteiger partial charge in [-0.05, 0) is 103 Å². The summed E-state index contributed by atoms with van der Waals surface area (Å²) in [5.74, 6) is 0.954. The predicted molar refractivity (Wildman–Crippen MR) is 108 cm³/mol. The highest BCUT2D eigenvalue weighted by atomic mass is 16.5. The molecule has 0 atom stereocenters. The average Bonchev–Trinajstić information content (AvgIpc) is 2.59. The van der Waals surface area contributed by atoms with Crippen LogP contribution in [0.1, 0.15) is 79.6 Å². The van der Waals surface area contributed by atoms with Crippen LogP contribution in [-0.4, -0.2) is 61.3 Å². The van der Waals surface area contributed by atoms with Crippen molar-refractivity contribution in [3.8, 4) is 0 Å². The number of rotatable bonds is 6. The normalized spacial score (nSPS) is 25.7. The Labute approximate surface area is 157 Å². The van der Waals surface area contributed by atoms with Crippen LogP contribution in [0.25, 0.3) is 0 Å².